The first-order chi connectivity index (χ1) is 9.47. The maximum absolute atomic E-state index is 12.5. The topological polar surface area (TPSA) is 61.2 Å². The van der Waals surface area contributed by atoms with Crippen molar-refractivity contribution in [1.82, 2.24) is 9.55 Å². The summed E-state index contributed by atoms with van der Waals surface area (Å²) in [5.74, 6) is -0.403. The SMILES string of the molecule is CCCOC(=O)[C@@H](C)n1cnc2sc(C)c(C)c2c1=O. The van der Waals surface area contributed by atoms with E-state index < -0.39 is 12.0 Å². The minimum absolute atomic E-state index is 0.183. The van der Waals surface area contributed by atoms with Gasteiger partial charge in [-0.3, -0.25) is 9.36 Å². The van der Waals surface area contributed by atoms with Crippen LogP contribution in [0.25, 0.3) is 10.2 Å². The number of ether oxygens (including phenoxy) is 1. The Balaban J connectivity index is 2.45. The Morgan fingerprint density at radius 2 is 2.20 bits per heavy atom. The van der Waals surface area contributed by atoms with Gasteiger partial charge in [0.05, 0.1) is 18.3 Å². The number of carbonyl (C=O) groups is 1. The van der Waals surface area contributed by atoms with E-state index in [2.05, 4.69) is 4.98 Å². The van der Waals surface area contributed by atoms with Crippen molar-refractivity contribution in [2.24, 2.45) is 0 Å². The number of fused-ring (bicyclic) bond motifs is 1. The summed E-state index contributed by atoms with van der Waals surface area (Å²) < 4.78 is 6.43. The van der Waals surface area contributed by atoms with Gasteiger partial charge in [-0.15, -0.1) is 11.3 Å². The van der Waals surface area contributed by atoms with Crippen LogP contribution < -0.4 is 5.56 Å². The Morgan fingerprint density at radius 1 is 1.50 bits per heavy atom. The molecule has 20 heavy (non-hydrogen) atoms. The quantitative estimate of drug-likeness (QED) is 0.813. The molecule has 0 amide bonds. The predicted molar refractivity (Wildman–Crippen MR) is 79.3 cm³/mol. The molecule has 0 saturated heterocycles. The van der Waals surface area contributed by atoms with E-state index in [1.807, 2.05) is 20.8 Å². The largest absolute Gasteiger partial charge is 0.464 e. The third-order valence-electron chi connectivity index (χ3n) is 3.32. The van der Waals surface area contributed by atoms with Crippen LogP contribution in [0, 0.1) is 13.8 Å². The molecule has 2 rings (SSSR count). The summed E-state index contributed by atoms with van der Waals surface area (Å²) in [6.45, 7) is 7.81. The highest BCUT2D eigenvalue weighted by atomic mass is 32.1. The van der Waals surface area contributed by atoms with E-state index in [0.717, 1.165) is 21.7 Å². The summed E-state index contributed by atoms with van der Waals surface area (Å²) in [7, 11) is 0. The zero-order valence-electron chi connectivity index (χ0n) is 12.1. The molecule has 0 unspecified atom stereocenters. The maximum atomic E-state index is 12.5. The highest BCUT2D eigenvalue weighted by Crippen LogP contribution is 2.25. The van der Waals surface area contributed by atoms with Crippen molar-refractivity contribution in [2.45, 2.75) is 40.2 Å². The van der Waals surface area contributed by atoms with Gasteiger partial charge >= 0.3 is 5.97 Å². The number of aromatic nitrogens is 2. The molecule has 0 bridgehead atoms. The van der Waals surface area contributed by atoms with Gasteiger partial charge in [0, 0.05) is 4.88 Å². The van der Waals surface area contributed by atoms with Crippen molar-refractivity contribution >= 4 is 27.5 Å². The van der Waals surface area contributed by atoms with Gasteiger partial charge in [-0.2, -0.15) is 0 Å². The van der Waals surface area contributed by atoms with Crippen LogP contribution in [0.3, 0.4) is 0 Å². The van der Waals surface area contributed by atoms with Crippen molar-refractivity contribution in [3.05, 3.63) is 27.1 Å². The normalized spacial score (nSPS) is 12.6. The van der Waals surface area contributed by atoms with Gasteiger partial charge < -0.3 is 4.74 Å². The number of thiophene rings is 1. The number of nitrogens with zero attached hydrogens (tertiary/aromatic N) is 2. The number of aryl methyl sites for hydroxylation is 2. The molecule has 0 aliphatic heterocycles. The molecular weight excluding hydrogens is 276 g/mol. The number of esters is 1. The molecule has 0 aliphatic carbocycles. The average molecular weight is 294 g/mol. The lowest BCUT2D eigenvalue weighted by Crippen LogP contribution is -2.29. The van der Waals surface area contributed by atoms with E-state index in [1.54, 1.807) is 6.92 Å². The second-order valence-electron chi connectivity index (χ2n) is 4.76. The fraction of sp³-hybridized carbons (Fsp3) is 0.500. The Morgan fingerprint density at radius 3 is 2.85 bits per heavy atom. The number of rotatable bonds is 4. The highest BCUT2D eigenvalue weighted by Gasteiger charge is 2.20. The van der Waals surface area contributed by atoms with Gasteiger partial charge in [-0.1, -0.05) is 6.92 Å². The molecule has 0 aromatic carbocycles. The summed E-state index contributed by atoms with van der Waals surface area (Å²) in [5.41, 5.74) is 0.753. The lowest BCUT2D eigenvalue weighted by molar-refractivity contribution is -0.147. The van der Waals surface area contributed by atoms with E-state index in [1.165, 1.54) is 22.2 Å². The molecule has 0 fully saturated rings. The molecule has 108 valence electrons. The Hall–Kier alpha value is -1.69. The Bertz CT molecular complexity index is 702. The standard InChI is InChI=1S/C14H18N2O3S/c1-5-6-19-14(18)9(3)16-7-15-12-11(13(16)17)8(2)10(4)20-12/h7,9H,5-6H2,1-4H3/t9-/m1/s1. The molecule has 2 aromatic heterocycles. The molecule has 0 radical (unpaired) electrons. The molecule has 1 atom stereocenters. The van der Waals surface area contributed by atoms with Gasteiger partial charge in [-0.05, 0) is 32.8 Å². The molecule has 0 spiro atoms. The number of hydrogen-bond acceptors (Lipinski definition) is 5. The van der Waals surface area contributed by atoms with Gasteiger partial charge in [0.15, 0.2) is 0 Å². The minimum Gasteiger partial charge on any atom is -0.464 e. The predicted octanol–water partition coefficient (Wildman–Crippen LogP) is 2.59. The third kappa shape index (κ3) is 2.47. The van der Waals surface area contributed by atoms with Crippen molar-refractivity contribution in [2.75, 3.05) is 6.61 Å². The molecule has 0 aliphatic rings. The second kappa shape index (κ2) is 5.75. The smallest absolute Gasteiger partial charge is 0.328 e. The maximum Gasteiger partial charge on any atom is 0.328 e. The van der Waals surface area contributed by atoms with Gasteiger partial charge in [0.2, 0.25) is 0 Å². The summed E-state index contributed by atoms with van der Waals surface area (Å²) in [6.07, 6.45) is 2.19. The lowest BCUT2D eigenvalue weighted by atomic mass is 10.2. The summed E-state index contributed by atoms with van der Waals surface area (Å²) >= 11 is 1.49. The summed E-state index contributed by atoms with van der Waals surface area (Å²) in [6, 6.07) is -0.662. The van der Waals surface area contributed by atoms with Crippen LogP contribution in [0.5, 0.6) is 0 Å². The molecule has 5 nitrogen and oxygen atoms in total. The van der Waals surface area contributed by atoms with Crippen LogP contribution in [0.4, 0.5) is 0 Å². The van der Waals surface area contributed by atoms with Crippen LogP contribution in [-0.2, 0) is 9.53 Å². The van der Waals surface area contributed by atoms with E-state index >= 15 is 0 Å². The third-order valence-corrected chi connectivity index (χ3v) is 4.44. The van der Waals surface area contributed by atoms with Crippen LogP contribution in [-0.4, -0.2) is 22.1 Å². The fourth-order valence-corrected chi connectivity index (χ4v) is 2.95. The van der Waals surface area contributed by atoms with E-state index in [-0.39, 0.29) is 5.56 Å². The van der Waals surface area contributed by atoms with Crippen LogP contribution in [0.1, 0.15) is 36.8 Å². The Kier molecular flexibility index (Phi) is 4.23. The van der Waals surface area contributed by atoms with Gasteiger partial charge in [-0.25, -0.2) is 9.78 Å². The highest BCUT2D eigenvalue weighted by molar-refractivity contribution is 7.18. The Labute approximate surface area is 121 Å². The zero-order valence-corrected chi connectivity index (χ0v) is 12.9. The first kappa shape index (κ1) is 14.7. The molecule has 2 aromatic rings. The summed E-state index contributed by atoms with van der Waals surface area (Å²) in [5, 5.41) is 0.602. The van der Waals surface area contributed by atoms with E-state index in [4.69, 9.17) is 4.74 Å². The van der Waals surface area contributed by atoms with Crippen LogP contribution in [0.2, 0.25) is 0 Å². The van der Waals surface area contributed by atoms with Crippen molar-refractivity contribution < 1.29 is 9.53 Å². The molecule has 0 N–H and O–H groups in total. The molecule has 2 heterocycles. The second-order valence-corrected chi connectivity index (χ2v) is 5.97. The van der Waals surface area contributed by atoms with Gasteiger partial charge in [0.1, 0.15) is 10.9 Å². The molecule has 0 saturated carbocycles. The summed E-state index contributed by atoms with van der Waals surface area (Å²) in [4.78, 5) is 30.4. The zero-order chi connectivity index (χ0) is 14.9. The number of carbonyl (C=O) groups excluding carboxylic acids is 1. The fourth-order valence-electron chi connectivity index (χ4n) is 1.96. The van der Waals surface area contributed by atoms with Crippen LogP contribution in [0.15, 0.2) is 11.1 Å². The molecular formula is C14H18N2O3S. The minimum atomic E-state index is -0.662. The van der Waals surface area contributed by atoms with Crippen molar-refractivity contribution in [3.63, 3.8) is 0 Å². The number of hydrogen-bond donors (Lipinski definition) is 0. The van der Waals surface area contributed by atoms with E-state index in [0.29, 0.717) is 12.0 Å². The average Bonchev–Trinajstić information content (AvgIpc) is 2.72. The van der Waals surface area contributed by atoms with Crippen LogP contribution >= 0.6 is 11.3 Å². The van der Waals surface area contributed by atoms with Crippen molar-refractivity contribution in [3.8, 4) is 0 Å². The molecule has 6 heteroatoms. The van der Waals surface area contributed by atoms with E-state index in [9.17, 15) is 9.59 Å². The monoisotopic (exact) mass is 294 g/mol. The van der Waals surface area contributed by atoms with Crippen molar-refractivity contribution in [1.29, 1.82) is 0 Å². The first-order valence-electron chi connectivity index (χ1n) is 6.60. The lowest BCUT2D eigenvalue weighted by Gasteiger charge is -2.13. The first-order valence-corrected chi connectivity index (χ1v) is 7.42. The van der Waals surface area contributed by atoms with Gasteiger partial charge in [0.25, 0.3) is 5.56 Å².